The molecule has 3 rings (SSSR count). The van der Waals surface area contributed by atoms with E-state index in [9.17, 15) is 14.4 Å². The summed E-state index contributed by atoms with van der Waals surface area (Å²) in [4.78, 5) is 38.8. The standard InChI is InChI=1S/C15H18N4O4/c1-16-14(21)12-8-18(10-4-2-3-5-11(10)23-12)9-13(20)19-7-6-17-15(19)22/h2-5,12H,6-9H2,1H3,(H,16,21)(H,17,22)/t12-/m1/s1. The van der Waals surface area contributed by atoms with Crippen LogP contribution in [0.2, 0.25) is 0 Å². The van der Waals surface area contributed by atoms with Crippen LogP contribution >= 0.6 is 0 Å². The maximum atomic E-state index is 12.4. The summed E-state index contributed by atoms with van der Waals surface area (Å²) in [5.74, 6) is -0.00532. The van der Waals surface area contributed by atoms with Gasteiger partial charge in [0.25, 0.3) is 5.91 Å². The minimum absolute atomic E-state index is 0.0152. The predicted octanol–water partition coefficient (Wildman–Crippen LogP) is -0.448. The molecule has 4 amide bonds. The number of anilines is 1. The Hall–Kier alpha value is -2.77. The number of nitrogens with one attached hydrogen (secondary N) is 2. The molecule has 0 spiro atoms. The van der Waals surface area contributed by atoms with Gasteiger partial charge in [0.1, 0.15) is 5.75 Å². The fourth-order valence-corrected chi connectivity index (χ4v) is 2.71. The first-order valence-electron chi connectivity index (χ1n) is 7.40. The number of rotatable bonds is 3. The van der Waals surface area contributed by atoms with E-state index in [2.05, 4.69) is 10.6 Å². The van der Waals surface area contributed by atoms with E-state index in [1.807, 2.05) is 12.1 Å². The molecule has 122 valence electrons. The van der Waals surface area contributed by atoms with E-state index >= 15 is 0 Å². The number of likely N-dealkylation sites (N-methyl/N-ethyl adjacent to an activating group) is 1. The molecule has 0 radical (unpaired) electrons. The number of urea groups is 1. The van der Waals surface area contributed by atoms with E-state index in [4.69, 9.17) is 4.74 Å². The molecule has 23 heavy (non-hydrogen) atoms. The Bertz CT molecular complexity index is 648. The normalized spacial score (nSPS) is 19.7. The van der Waals surface area contributed by atoms with Crippen molar-refractivity contribution < 1.29 is 19.1 Å². The van der Waals surface area contributed by atoms with Gasteiger partial charge in [0.2, 0.25) is 5.91 Å². The number of benzene rings is 1. The van der Waals surface area contributed by atoms with Crippen molar-refractivity contribution in [2.75, 3.05) is 38.1 Å². The highest BCUT2D eigenvalue weighted by Gasteiger charge is 2.33. The van der Waals surface area contributed by atoms with E-state index in [0.717, 1.165) is 5.69 Å². The molecule has 2 aliphatic rings. The van der Waals surface area contributed by atoms with Crippen molar-refractivity contribution in [1.82, 2.24) is 15.5 Å². The van der Waals surface area contributed by atoms with Crippen LogP contribution in [-0.2, 0) is 9.59 Å². The molecule has 2 N–H and O–H groups in total. The molecular formula is C15H18N4O4. The molecule has 8 nitrogen and oxygen atoms in total. The number of hydrogen-bond donors (Lipinski definition) is 2. The van der Waals surface area contributed by atoms with Crippen LogP contribution in [0.3, 0.4) is 0 Å². The van der Waals surface area contributed by atoms with Crippen LogP contribution in [-0.4, -0.2) is 62.1 Å². The lowest BCUT2D eigenvalue weighted by atomic mass is 10.1. The second-order valence-corrected chi connectivity index (χ2v) is 5.35. The average molecular weight is 318 g/mol. The van der Waals surface area contributed by atoms with Gasteiger partial charge in [0, 0.05) is 20.1 Å². The zero-order valence-electron chi connectivity index (χ0n) is 12.7. The lowest BCUT2D eigenvalue weighted by Crippen LogP contribution is -2.51. The molecule has 2 heterocycles. The first-order chi connectivity index (χ1) is 11.1. The zero-order chi connectivity index (χ0) is 16.4. The van der Waals surface area contributed by atoms with Gasteiger partial charge in [0.05, 0.1) is 18.8 Å². The predicted molar refractivity (Wildman–Crippen MR) is 82.2 cm³/mol. The maximum absolute atomic E-state index is 12.4. The third-order valence-corrected chi connectivity index (χ3v) is 3.88. The number of ether oxygens (including phenoxy) is 1. The van der Waals surface area contributed by atoms with Crippen LogP contribution in [0.5, 0.6) is 5.75 Å². The summed E-state index contributed by atoms with van der Waals surface area (Å²) in [6, 6.07) is 6.85. The van der Waals surface area contributed by atoms with Crippen molar-refractivity contribution in [2.24, 2.45) is 0 Å². The topological polar surface area (TPSA) is 91.0 Å². The van der Waals surface area contributed by atoms with Crippen LogP contribution in [0.4, 0.5) is 10.5 Å². The number of para-hydroxylation sites is 2. The van der Waals surface area contributed by atoms with Gasteiger partial charge < -0.3 is 20.3 Å². The SMILES string of the molecule is CNC(=O)[C@H]1CN(CC(=O)N2CCNC2=O)c2ccccc2O1. The van der Waals surface area contributed by atoms with Gasteiger partial charge in [-0.25, -0.2) is 4.79 Å². The van der Waals surface area contributed by atoms with E-state index < -0.39 is 6.10 Å². The largest absolute Gasteiger partial charge is 0.477 e. The first kappa shape index (κ1) is 15.1. The van der Waals surface area contributed by atoms with Gasteiger partial charge in [0.15, 0.2) is 6.10 Å². The molecule has 2 aliphatic heterocycles. The molecule has 1 saturated heterocycles. The van der Waals surface area contributed by atoms with Gasteiger partial charge in [-0.05, 0) is 12.1 Å². The summed E-state index contributed by atoms with van der Waals surface area (Å²) in [7, 11) is 1.54. The molecule has 1 fully saturated rings. The number of carbonyl (C=O) groups excluding carboxylic acids is 3. The van der Waals surface area contributed by atoms with Gasteiger partial charge in [-0.3, -0.25) is 14.5 Å². The number of nitrogens with zero attached hydrogens (tertiary/aromatic N) is 2. The molecule has 8 heteroatoms. The smallest absolute Gasteiger partial charge is 0.324 e. The summed E-state index contributed by atoms with van der Waals surface area (Å²) >= 11 is 0. The molecule has 0 unspecified atom stereocenters. The van der Waals surface area contributed by atoms with E-state index in [0.29, 0.717) is 18.8 Å². The highest BCUT2D eigenvalue weighted by molar-refractivity contribution is 5.98. The van der Waals surface area contributed by atoms with Gasteiger partial charge >= 0.3 is 6.03 Å². The third-order valence-electron chi connectivity index (χ3n) is 3.88. The van der Waals surface area contributed by atoms with Crippen molar-refractivity contribution in [3.63, 3.8) is 0 Å². The minimum atomic E-state index is -0.699. The highest BCUT2D eigenvalue weighted by atomic mass is 16.5. The number of fused-ring (bicyclic) bond motifs is 1. The molecule has 1 aromatic carbocycles. The molecule has 1 aromatic rings. The Morgan fingerprint density at radius 2 is 2.17 bits per heavy atom. The van der Waals surface area contributed by atoms with Gasteiger partial charge in [-0.1, -0.05) is 12.1 Å². The summed E-state index contributed by atoms with van der Waals surface area (Å²) in [6.45, 7) is 1.09. The van der Waals surface area contributed by atoms with Crippen molar-refractivity contribution in [2.45, 2.75) is 6.10 Å². The lowest BCUT2D eigenvalue weighted by molar-refractivity contribution is -0.129. The Balaban J connectivity index is 1.80. The Kier molecular flexibility index (Phi) is 4.05. The summed E-state index contributed by atoms with van der Waals surface area (Å²) in [6.07, 6.45) is -0.699. The van der Waals surface area contributed by atoms with Gasteiger partial charge in [-0.15, -0.1) is 0 Å². The fraction of sp³-hybridized carbons (Fsp3) is 0.400. The molecule has 0 bridgehead atoms. The molecule has 0 saturated carbocycles. The second-order valence-electron chi connectivity index (χ2n) is 5.35. The molecule has 1 atom stereocenters. The highest BCUT2D eigenvalue weighted by Crippen LogP contribution is 2.33. The first-order valence-corrected chi connectivity index (χ1v) is 7.40. The molecule has 0 aromatic heterocycles. The maximum Gasteiger partial charge on any atom is 0.324 e. The summed E-state index contributed by atoms with van der Waals surface area (Å²) < 4.78 is 5.69. The Labute approximate surface area is 133 Å². The van der Waals surface area contributed by atoms with E-state index in [1.165, 1.54) is 11.9 Å². The number of carbonyl (C=O) groups is 3. The van der Waals surface area contributed by atoms with E-state index in [-0.39, 0.29) is 30.9 Å². The summed E-state index contributed by atoms with van der Waals surface area (Å²) in [5.41, 5.74) is 0.737. The van der Waals surface area contributed by atoms with Crippen LogP contribution in [0, 0.1) is 0 Å². The fourth-order valence-electron chi connectivity index (χ4n) is 2.71. The van der Waals surface area contributed by atoms with Crippen LogP contribution < -0.4 is 20.3 Å². The van der Waals surface area contributed by atoms with Crippen molar-refractivity contribution in [3.05, 3.63) is 24.3 Å². The number of hydrogen-bond acceptors (Lipinski definition) is 5. The monoisotopic (exact) mass is 318 g/mol. The Morgan fingerprint density at radius 1 is 1.39 bits per heavy atom. The van der Waals surface area contributed by atoms with Crippen LogP contribution in [0.25, 0.3) is 0 Å². The zero-order valence-corrected chi connectivity index (χ0v) is 12.7. The van der Waals surface area contributed by atoms with Crippen LogP contribution in [0.15, 0.2) is 24.3 Å². The van der Waals surface area contributed by atoms with Crippen molar-refractivity contribution in [3.8, 4) is 5.75 Å². The summed E-state index contributed by atoms with van der Waals surface area (Å²) in [5, 5.41) is 5.15. The quantitative estimate of drug-likeness (QED) is 0.788. The third kappa shape index (κ3) is 2.92. The molecule has 0 aliphatic carbocycles. The number of imide groups is 1. The van der Waals surface area contributed by atoms with Crippen molar-refractivity contribution >= 4 is 23.5 Å². The second kappa shape index (κ2) is 6.15. The van der Waals surface area contributed by atoms with Gasteiger partial charge in [-0.2, -0.15) is 0 Å². The Morgan fingerprint density at radius 3 is 2.87 bits per heavy atom. The van der Waals surface area contributed by atoms with Crippen LogP contribution in [0.1, 0.15) is 0 Å². The molecular weight excluding hydrogens is 300 g/mol. The number of amides is 4. The minimum Gasteiger partial charge on any atom is -0.477 e. The average Bonchev–Trinajstić information content (AvgIpc) is 3.00. The lowest BCUT2D eigenvalue weighted by Gasteiger charge is -2.35. The van der Waals surface area contributed by atoms with Crippen molar-refractivity contribution in [1.29, 1.82) is 0 Å². The van der Waals surface area contributed by atoms with E-state index in [1.54, 1.807) is 17.0 Å².